The monoisotopic (exact) mass is 210 g/mol. The van der Waals surface area contributed by atoms with Gasteiger partial charge in [-0.1, -0.05) is 17.7 Å². The van der Waals surface area contributed by atoms with Gasteiger partial charge < -0.3 is 9.47 Å². The Balaban J connectivity index is 2.16. The highest BCUT2D eigenvalue weighted by molar-refractivity contribution is 5.59. The van der Waals surface area contributed by atoms with Gasteiger partial charge in [0.15, 0.2) is 0 Å². The molecule has 0 aliphatic heterocycles. The number of rotatable bonds is 4. The zero-order valence-corrected chi connectivity index (χ0v) is 9.20. The maximum absolute atomic E-state index is 10.8. The summed E-state index contributed by atoms with van der Waals surface area (Å²) in [7, 11) is 0. The average molecular weight is 210 g/mol. The van der Waals surface area contributed by atoms with E-state index < -0.39 is 6.16 Å². The molecule has 1 rings (SSSR count). The molecule has 0 aromatic carbocycles. The van der Waals surface area contributed by atoms with Crippen LogP contribution in [0.1, 0.15) is 32.6 Å². The molecule has 3 nitrogen and oxygen atoms in total. The van der Waals surface area contributed by atoms with Crippen LogP contribution in [0, 0.1) is 0 Å². The summed E-state index contributed by atoms with van der Waals surface area (Å²) < 4.78 is 9.42. The Bertz CT molecular complexity index is 254. The SMILES string of the molecule is CCOC(=O)OC/C=C/C1=CCCCC1. The van der Waals surface area contributed by atoms with Crippen molar-refractivity contribution in [2.75, 3.05) is 13.2 Å². The summed E-state index contributed by atoms with van der Waals surface area (Å²) in [6.45, 7) is 2.40. The van der Waals surface area contributed by atoms with E-state index in [1.165, 1.54) is 24.8 Å². The maximum atomic E-state index is 10.8. The van der Waals surface area contributed by atoms with Crippen molar-refractivity contribution < 1.29 is 14.3 Å². The normalized spacial score (nSPS) is 16.2. The van der Waals surface area contributed by atoms with Crippen LogP contribution in [0.4, 0.5) is 4.79 Å². The van der Waals surface area contributed by atoms with E-state index in [4.69, 9.17) is 4.74 Å². The van der Waals surface area contributed by atoms with Gasteiger partial charge in [0.2, 0.25) is 0 Å². The second-order valence-corrected chi connectivity index (χ2v) is 3.42. The van der Waals surface area contributed by atoms with Crippen molar-refractivity contribution in [1.82, 2.24) is 0 Å². The van der Waals surface area contributed by atoms with E-state index in [1.54, 1.807) is 6.92 Å². The van der Waals surface area contributed by atoms with Gasteiger partial charge in [0.25, 0.3) is 0 Å². The van der Waals surface area contributed by atoms with Crippen molar-refractivity contribution in [3.05, 3.63) is 23.8 Å². The van der Waals surface area contributed by atoms with Crippen molar-refractivity contribution in [2.24, 2.45) is 0 Å². The van der Waals surface area contributed by atoms with Crippen LogP contribution in [0.2, 0.25) is 0 Å². The van der Waals surface area contributed by atoms with Gasteiger partial charge in [-0.15, -0.1) is 0 Å². The quantitative estimate of drug-likeness (QED) is 0.668. The lowest BCUT2D eigenvalue weighted by molar-refractivity contribution is 0.0673. The Morgan fingerprint density at radius 2 is 2.33 bits per heavy atom. The van der Waals surface area contributed by atoms with Crippen molar-refractivity contribution in [3.63, 3.8) is 0 Å². The van der Waals surface area contributed by atoms with E-state index in [1.807, 2.05) is 12.2 Å². The highest BCUT2D eigenvalue weighted by Gasteiger charge is 2.00. The standard InChI is InChI=1S/C12H18O3/c1-2-14-12(13)15-10-6-9-11-7-4-3-5-8-11/h6-7,9H,2-5,8,10H2,1H3/b9-6+. The van der Waals surface area contributed by atoms with Crippen LogP contribution in [0.15, 0.2) is 23.8 Å². The third kappa shape index (κ3) is 5.25. The molecule has 0 heterocycles. The van der Waals surface area contributed by atoms with Gasteiger partial charge in [0.05, 0.1) is 6.61 Å². The highest BCUT2D eigenvalue weighted by atomic mass is 16.7. The predicted octanol–water partition coefficient (Wildman–Crippen LogP) is 3.22. The number of allylic oxidation sites excluding steroid dienone is 3. The first-order chi connectivity index (χ1) is 7.33. The topological polar surface area (TPSA) is 35.5 Å². The van der Waals surface area contributed by atoms with Gasteiger partial charge in [-0.2, -0.15) is 0 Å². The fourth-order valence-electron chi connectivity index (χ4n) is 1.49. The van der Waals surface area contributed by atoms with Crippen LogP contribution in [0.3, 0.4) is 0 Å². The lowest BCUT2D eigenvalue weighted by atomic mass is 9.99. The van der Waals surface area contributed by atoms with Crippen molar-refractivity contribution in [2.45, 2.75) is 32.6 Å². The average Bonchev–Trinajstić information content (AvgIpc) is 2.26. The van der Waals surface area contributed by atoms with Gasteiger partial charge in [-0.3, -0.25) is 0 Å². The predicted molar refractivity (Wildman–Crippen MR) is 58.7 cm³/mol. The minimum absolute atomic E-state index is 0.288. The van der Waals surface area contributed by atoms with E-state index in [9.17, 15) is 4.79 Å². The molecule has 0 N–H and O–H groups in total. The molecule has 0 spiro atoms. The summed E-state index contributed by atoms with van der Waals surface area (Å²) in [4.78, 5) is 10.8. The summed E-state index contributed by atoms with van der Waals surface area (Å²) in [5, 5.41) is 0. The third-order valence-corrected chi connectivity index (χ3v) is 2.22. The van der Waals surface area contributed by atoms with Crippen molar-refractivity contribution in [1.29, 1.82) is 0 Å². The third-order valence-electron chi connectivity index (χ3n) is 2.22. The molecule has 0 saturated heterocycles. The molecule has 1 aliphatic carbocycles. The van der Waals surface area contributed by atoms with Crippen molar-refractivity contribution >= 4 is 6.16 Å². The van der Waals surface area contributed by atoms with E-state index >= 15 is 0 Å². The number of hydrogen-bond acceptors (Lipinski definition) is 3. The van der Waals surface area contributed by atoms with E-state index in [0.29, 0.717) is 6.61 Å². The number of ether oxygens (including phenoxy) is 2. The Hall–Kier alpha value is -1.25. The number of carbonyl (C=O) groups is 1. The first-order valence-electron chi connectivity index (χ1n) is 5.48. The Labute approximate surface area is 90.8 Å². The molecule has 0 saturated carbocycles. The number of carbonyl (C=O) groups excluding carboxylic acids is 1. The second kappa shape index (κ2) is 7.10. The molecular formula is C12H18O3. The summed E-state index contributed by atoms with van der Waals surface area (Å²) in [5.74, 6) is 0. The van der Waals surface area contributed by atoms with Gasteiger partial charge in [-0.25, -0.2) is 4.79 Å². The summed E-state index contributed by atoms with van der Waals surface area (Å²) >= 11 is 0. The molecule has 0 amide bonds. The molecule has 84 valence electrons. The molecule has 0 unspecified atom stereocenters. The molecular weight excluding hydrogens is 192 g/mol. The molecule has 0 atom stereocenters. The Kier molecular flexibility index (Phi) is 5.59. The fraction of sp³-hybridized carbons (Fsp3) is 0.583. The minimum Gasteiger partial charge on any atom is -0.435 e. The van der Waals surface area contributed by atoms with Crippen LogP contribution in [0.5, 0.6) is 0 Å². The first-order valence-corrected chi connectivity index (χ1v) is 5.48. The van der Waals surface area contributed by atoms with Gasteiger partial charge >= 0.3 is 6.16 Å². The van der Waals surface area contributed by atoms with Crippen LogP contribution in [-0.4, -0.2) is 19.4 Å². The molecule has 0 aromatic heterocycles. The fourth-order valence-corrected chi connectivity index (χ4v) is 1.49. The van der Waals surface area contributed by atoms with Gasteiger partial charge in [-0.05, 0) is 38.7 Å². The molecule has 15 heavy (non-hydrogen) atoms. The Morgan fingerprint density at radius 3 is 3.00 bits per heavy atom. The van der Waals surface area contributed by atoms with Crippen LogP contribution < -0.4 is 0 Å². The lowest BCUT2D eigenvalue weighted by Gasteiger charge is -2.08. The number of hydrogen-bond donors (Lipinski definition) is 0. The van der Waals surface area contributed by atoms with Gasteiger partial charge in [0, 0.05) is 0 Å². The zero-order chi connectivity index (χ0) is 10.9. The van der Waals surface area contributed by atoms with Gasteiger partial charge in [0.1, 0.15) is 6.61 Å². The maximum Gasteiger partial charge on any atom is 0.508 e. The molecule has 0 fully saturated rings. The minimum atomic E-state index is -0.597. The van der Waals surface area contributed by atoms with E-state index in [0.717, 1.165) is 6.42 Å². The van der Waals surface area contributed by atoms with E-state index in [-0.39, 0.29) is 6.61 Å². The largest absolute Gasteiger partial charge is 0.508 e. The van der Waals surface area contributed by atoms with Crippen molar-refractivity contribution in [3.8, 4) is 0 Å². The second-order valence-electron chi connectivity index (χ2n) is 3.42. The molecule has 1 aliphatic rings. The van der Waals surface area contributed by atoms with Crippen LogP contribution >= 0.6 is 0 Å². The summed E-state index contributed by atoms with van der Waals surface area (Å²) in [6, 6.07) is 0. The highest BCUT2D eigenvalue weighted by Crippen LogP contribution is 2.17. The van der Waals surface area contributed by atoms with Crippen LogP contribution in [-0.2, 0) is 9.47 Å². The molecule has 0 bridgehead atoms. The lowest BCUT2D eigenvalue weighted by Crippen LogP contribution is -2.06. The first kappa shape index (κ1) is 11.8. The summed E-state index contributed by atoms with van der Waals surface area (Å²) in [5.41, 5.74) is 1.34. The summed E-state index contributed by atoms with van der Waals surface area (Å²) in [6.07, 6.45) is 10.4. The smallest absolute Gasteiger partial charge is 0.435 e. The van der Waals surface area contributed by atoms with E-state index in [2.05, 4.69) is 10.8 Å². The molecule has 0 radical (unpaired) electrons. The zero-order valence-electron chi connectivity index (χ0n) is 9.20. The molecule has 0 aromatic rings. The van der Waals surface area contributed by atoms with Crippen LogP contribution in [0.25, 0.3) is 0 Å². The Morgan fingerprint density at radius 1 is 1.47 bits per heavy atom. The molecule has 3 heteroatoms.